The molecular weight excluding hydrogens is 934 g/mol. The van der Waals surface area contributed by atoms with E-state index in [2.05, 4.69) is 282 Å². The fourth-order valence-corrected chi connectivity index (χ4v) is 12.2. The number of anilines is 6. The summed E-state index contributed by atoms with van der Waals surface area (Å²) in [4.78, 5) is 15.4. The third-order valence-electron chi connectivity index (χ3n) is 15.7. The molecule has 0 fully saturated rings. The SMILES string of the molecule is Cc1ccc2c(c1)c1ccccc1n2-c1ccc(-c2nc(-c3ccccc3)cc(-c3ccccc3)n2)cc1-c1ccc(-c2ccc(N3c4ccccc4B4c5ccccc5N(c5ccccc5)c5cccc3c54)cc2)cc1. The van der Waals surface area contributed by atoms with Gasteiger partial charge in [0.1, 0.15) is 0 Å². The Morgan fingerprint density at radius 2 is 0.818 bits per heavy atom. The minimum atomic E-state index is 0.0988. The second kappa shape index (κ2) is 18.1. The zero-order valence-electron chi connectivity index (χ0n) is 42.3. The third kappa shape index (κ3) is 7.40. The normalized spacial score (nSPS) is 12.4. The molecule has 0 atom stereocenters. The molecule has 15 rings (SSSR count). The highest BCUT2D eigenvalue weighted by atomic mass is 15.2. The lowest BCUT2D eigenvalue weighted by Crippen LogP contribution is -2.61. The van der Waals surface area contributed by atoms with Crippen LogP contribution < -0.4 is 26.2 Å². The molecule has 2 aliphatic rings. The number of hydrogen-bond donors (Lipinski definition) is 0. The number of para-hydroxylation sites is 4. The first-order valence-electron chi connectivity index (χ1n) is 26.4. The maximum absolute atomic E-state index is 5.27. The van der Waals surface area contributed by atoms with Crippen LogP contribution >= 0.6 is 0 Å². The lowest BCUT2D eigenvalue weighted by atomic mass is 9.33. The van der Waals surface area contributed by atoms with E-state index in [0.29, 0.717) is 5.82 Å². The van der Waals surface area contributed by atoms with Crippen molar-refractivity contribution in [3.05, 3.63) is 279 Å². The van der Waals surface area contributed by atoms with Gasteiger partial charge in [0, 0.05) is 67.2 Å². The topological polar surface area (TPSA) is 37.2 Å². The molecule has 2 aromatic heterocycles. The first kappa shape index (κ1) is 44.5. The molecule has 0 bridgehead atoms. The highest BCUT2D eigenvalue weighted by Crippen LogP contribution is 2.45. The highest BCUT2D eigenvalue weighted by molar-refractivity contribution is 7.00. The summed E-state index contributed by atoms with van der Waals surface area (Å²) in [5.41, 5.74) is 25.0. The molecule has 0 amide bonds. The van der Waals surface area contributed by atoms with Gasteiger partial charge in [-0.05, 0) is 131 Å². The summed E-state index contributed by atoms with van der Waals surface area (Å²) in [5.74, 6) is 0.675. The molecule has 0 radical (unpaired) electrons. The van der Waals surface area contributed by atoms with E-state index in [-0.39, 0.29) is 6.71 Å². The van der Waals surface area contributed by atoms with Crippen LogP contribution in [0.5, 0.6) is 0 Å². The van der Waals surface area contributed by atoms with Crippen molar-refractivity contribution in [2.45, 2.75) is 6.92 Å². The third-order valence-corrected chi connectivity index (χ3v) is 15.7. The van der Waals surface area contributed by atoms with Gasteiger partial charge in [-0.3, -0.25) is 0 Å². The average molecular weight is 982 g/mol. The fraction of sp³-hybridized carbons (Fsp3) is 0.0141. The molecule has 13 aromatic rings. The summed E-state index contributed by atoms with van der Waals surface area (Å²) in [6, 6.07) is 98.8. The molecule has 2 aliphatic heterocycles. The number of fused-ring (bicyclic) bond motifs is 7. The smallest absolute Gasteiger partial charge is 0.252 e. The molecule has 0 unspecified atom stereocenters. The van der Waals surface area contributed by atoms with Crippen LogP contribution in [0.15, 0.2) is 273 Å². The molecule has 11 aromatic carbocycles. The van der Waals surface area contributed by atoms with E-state index < -0.39 is 0 Å². The number of aryl methyl sites for hydroxylation is 1. The summed E-state index contributed by atoms with van der Waals surface area (Å²) in [7, 11) is 0. The van der Waals surface area contributed by atoms with Crippen molar-refractivity contribution in [2.75, 3.05) is 9.80 Å². The number of nitrogens with zero attached hydrogens (tertiary/aromatic N) is 5. The van der Waals surface area contributed by atoms with Gasteiger partial charge in [-0.1, -0.05) is 188 Å². The van der Waals surface area contributed by atoms with Crippen molar-refractivity contribution in [2.24, 2.45) is 0 Å². The number of hydrogen-bond acceptors (Lipinski definition) is 4. The van der Waals surface area contributed by atoms with Gasteiger partial charge in [0.2, 0.25) is 0 Å². The molecule has 77 heavy (non-hydrogen) atoms. The fourth-order valence-electron chi connectivity index (χ4n) is 12.2. The molecular formula is C71H48BN5. The Hall–Kier alpha value is -10.0. The van der Waals surface area contributed by atoms with E-state index in [4.69, 9.17) is 9.97 Å². The largest absolute Gasteiger partial charge is 0.311 e. The van der Waals surface area contributed by atoms with Crippen LogP contribution in [-0.4, -0.2) is 21.2 Å². The summed E-state index contributed by atoms with van der Waals surface area (Å²) in [5, 5.41) is 2.46. The second-order valence-corrected chi connectivity index (χ2v) is 20.2. The molecule has 0 aliphatic carbocycles. The van der Waals surface area contributed by atoms with E-state index >= 15 is 0 Å². The van der Waals surface area contributed by atoms with Gasteiger partial charge < -0.3 is 14.4 Å². The van der Waals surface area contributed by atoms with Crippen molar-refractivity contribution in [3.8, 4) is 61.8 Å². The molecule has 4 heterocycles. The zero-order valence-corrected chi connectivity index (χ0v) is 42.3. The van der Waals surface area contributed by atoms with Crippen molar-refractivity contribution < 1.29 is 0 Å². The zero-order chi connectivity index (χ0) is 51.0. The molecule has 360 valence electrons. The van der Waals surface area contributed by atoms with E-state index in [0.717, 1.165) is 78.4 Å². The maximum Gasteiger partial charge on any atom is 0.252 e. The van der Waals surface area contributed by atoms with Crippen LogP contribution in [-0.2, 0) is 0 Å². The van der Waals surface area contributed by atoms with E-state index in [9.17, 15) is 0 Å². The van der Waals surface area contributed by atoms with Gasteiger partial charge >= 0.3 is 0 Å². The van der Waals surface area contributed by atoms with Crippen LogP contribution in [0.1, 0.15) is 5.56 Å². The average Bonchev–Trinajstić information content (AvgIpc) is 3.83. The van der Waals surface area contributed by atoms with Crippen molar-refractivity contribution in [1.82, 2.24) is 14.5 Å². The quantitative estimate of drug-likeness (QED) is 0.142. The first-order valence-corrected chi connectivity index (χ1v) is 26.4. The Labute approximate surface area is 448 Å². The summed E-state index contributed by atoms with van der Waals surface area (Å²) in [6.45, 7) is 2.27. The lowest BCUT2D eigenvalue weighted by molar-refractivity contribution is 1.16. The van der Waals surface area contributed by atoms with Gasteiger partial charge in [-0.15, -0.1) is 0 Å². The van der Waals surface area contributed by atoms with Crippen LogP contribution in [0.3, 0.4) is 0 Å². The molecule has 0 N–H and O–H groups in total. The van der Waals surface area contributed by atoms with Gasteiger partial charge in [0.25, 0.3) is 6.71 Å². The molecule has 6 heteroatoms. The Morgan fingerprint density at radius 3 is 1.45 bits per heavy atom. The van der Waals surface area contributed by atoms with Gasteiger partial charge in [0.15, 0.2) is 5.82 Å². The molecule has 5 nitrogen and oxygen atoms in total. The Bertz CT molecular complexity index is 4340. The standard InChI is InChI=1S/C71H48BN5/c1-47-32-42-65-58(44-47)56-24-11-14-27-63(56)77(65)64-43-39-53(71-73-61(51-18-5-2-6-19-51)46-62(74-71)52-20-7-3-8-21-52)45-57(64)50-35-33-48(34-36-50)49-37-40-55(41-38-49)76-67-29-16-13-26-60(67)72-59-25-12-15-28-66(59)75(54-22-9-4-10-23-54)68-30-17-31-69(76)70(68)72/h2-46H,1H3. The minimum Gasteiger partial charge on any atom is -0.311 e. The lowest BCUT2D eigenvalue weighted by Gasteiger charge is -2.44. The van der Waals surface area contributed by atoms with Gasteiger partial charge in [-0.25, -0.2) is 9.97 Å². The van der Waals surface area contributed by atoms with E-state index in [1.165, 1.54) is 55.5 Å². The summed E-state index contributed by atoms with van der Waals surface area (Å²) < 4.78 is 2.43. The van der Waals surface area contributed by atoms with E-state index in [1.54, 1.807) is 0 Å². The van der Waals surface area contributed by atoms with Crippen LogP contribution in [0, 0.1) is 6.92 Å². The van der Waals surface area contributed by atoms with Crippen molar-refractivity contribution in [3.63, 3.8) is 0 Å². The maximum atomic E-state index is 5.27. The van der Waals surface area contributed by atoms with E-state index in [1.807, 2.05) is 12.1 Å². The molecule has 0 saturated heterocycles. The van der Waals surface area contributed by atoms with Crippen molar-refractivity contribution >= 4 is 79.0 Å². The molecule has 0 spiro atoms. The Kier molecular flexibility index (Phi) is 10.5. The molecule has 0 saturated carbocycles. The Balaban J connectivity index is 0.839. The summed E-state index contributed by atoms with van der Waals surface area (Å²) in [6.07, 6.45) is 0. The summed E-state index contributed by atoms with van der Waals surface area (Å²) >= 11 is 0. The predicted octanol–water partition coefficient (Wildman–Crippen LogP) is 16.3. The van der Waals surface area contributed by atoms with Crippen LogP contribution in [0.4, 0.5) is 34.1 Å². The van der Waals surface area contributed by atoms with Crippen molar-refractivity contribution in [1.29, 1.82) is 0 Å². The minimum absolute atomic E-state index is 0.0988. The van der Waals surface area contributed by atoms with Crippen LogP contribution in [0.2, 0.25) is 0 Å². The number of benzene rings is 11. The highest BCUT2D eigenvalue weighted by Gasteiger charge is 2.42. The van der Waals surface area contributed by atoms with Gasteiger partial charge in [0.05, 0.1) is 28.1 Å². The number of rotatable bonds is 8. The number of aromatic nitrogens is 3. The predicted molar refractivity (Wildman–Crippen MR) is 322 cm³/mol. The second-order valence-electron chi connectivity index (χ2n) is 20.2. The first-order chi connectivity index (χ1) is 38.1. The van der Waals surface area contributed by atoms with Gasteiger partial charge in [-0.2, -0.15) is 0 Å². The Morgan fingerprint density at radius 1 is 0.325 bits per heavy atom. The monoisotopic (exact) mass is 981 g/mol. The van der Waals surface area contributed by atoms with Crippen LogP contribution in [0.25, 0.3) is 83.6 Å².